The molecule has 0 aliphatic heterocycles. The van der Waals surface area contributed by atoms with Crippen LogP contribution in [0.3, 0.4) is 0 Å². The van der Waals surface area contributed by atoms with Crippen molar-refractivity contribution in [1.82, 2.24) is 4.90 Å². The Hall–Kier alpha value is -3.19. The van der Waals surface area contributed by atoms with E-state index in [-0.39, 0.29) is 11.7 Å². The maximum Gasteiger partial charge on any atom is 0.223 e. The molecule has 0 heterocycles. The zero-order valence-corrected chi connectivity index (χ0v) is 17.6. The van der Waals surface area contributed by atoms with Gasteiger partial charge >= 0.3 is 0 Å². The summed E-state index contributed by atoms with van der Waals surface area (Å²) in [7, 11) is 0. The van der Waals surface area contributed by atoms with Crippen LogP contribution < -0.4 is 17.3 Å². The fourth-order valence-electron chi connectivity index (χ4n) is 3.33. The van der Waals surface area contributed by atoms with Gasteiger partial charge in [0.15, 0.2) is 5.84 Å². The second kappa shape index (κ2) is 11.1. The Morgan fingerprint density at radius 2 is 1.83 bits per heavy atom. The van der Waals surface area contributed by atoms with Crippen molar-refractivity contribution in [2.75, 3.05) is 0 Å². The molecular weight excluding hydrogens is 378 g/mol. The second-order valence-corrected chi connectivity index (χ2v) is 7.37. The molecular formula is C23H31N5O2. The topological polar surface area (TPSA) is 128 Å². The van der Waals surface area contributed by atoms with Gasteiger partial charge in [0.2, 0.25) is 5.91 Å². The van der Waals surface area contributed by atoms with Crippen LogP contribution in [0.4, 0.5) is 0 Å². The standard InChI is InChI=1S/C23H31N5O2/c1-3-4-9-22(30)28(21(15-29)16(2)24)14-17-10-12-18(13-11-17)19-7-5-6-8-20(19)23(25)27-26/h5-8,10-13,15-16,21H,3-4,9,14,24,26H2,1-2H3,(H2,25,27)/t16?,21-/m1/s1. The van der Waals surface area contributed by atoms with Gasteiger partial charge in [-0.2, -0.15) is 5.10 Å². The smallest absolute Gasteiger partial charge is 0.223 e. The molecule has 1 unspecified atom stereocenters. The molecule has 0 saturated heterocycles. The molecule has 160 valence electrons. The summed E-state index contributed by atoms with van der Waals surface area (Å²) in [5.41, 5.74) is 15.4. The lowest BCUT2D eigenvalue weighted by molar-refractivity contribution is -0.137. The Morgan fingerprint density at radius 1 is 1.17 bits per heavy atom. The van der Waals surface area contributed by atoms with Crippen LogP contribution in [0, 0.1) is 0 Å². The Labute approximate surface area is 177 Å². The minimum Gasteiger partial charge on any atom is -0.382 e. The highest BCUT2D eigenvalue weighted by molar-refractivity contribution is 6.03. The second-order valence-electron chi connectivity index (χ2n) is 7.37. The zero-order chi connectivity index (χ0) is 22.1. The third-order valence-corrected chi connectivity index (χ3v) is 5.06. The minimum atomic E-state index is -0.657. The number of benzene rings is 2. The van der Waals surface area contributed by atoms with Crippen LogP contribution in [0.2, 0.25) is 0 Å². The van der Waals surface area contributed by atoms with E-state index in [1.807, 2.05) is 55.5 Å². The fraction of sp³-hybridized carbons (Fsp3) is 0.348. The van der Waals surface area contributed by atoms with Gasteiger partial charge in [-0.1, -0.05) is 61.9 Å². The normalized spacial score (nSPS) is 13.5. The molecule has 1 amide bonds. The highest BCUT2D eigenvalue weighted by Gasteiger charge is 2.26. The van der Waals surface area contributed by atoms with E-state index >= 15 is 0 Å². The minimum absolute atomic E-state index is 0.0624. The molecule has 0 aliphatic carbocycles. The number of amidine groups is 1. The van der Waals surface area contributed by atoms with Gasteiger partial charge in [-0.3, -0.25) is 4.79 Å². The molecule has 0 fully saturated rings. The predicted octanol–water partition coefficient (Wildman–Crippen LogP) is 2.37. The van der Waals surface area contributed by atoms with Crippen LogP contribution in [-0.4, -0.2) is 35.0 Å². The summed E-state index contributed by atoms with van der Waals surface area (Å²) in [6.07, 6.45) is 2.84. The number of unbranched alkanes of at least 4 members (excludes halogenated alkanes) is 1. The van der Waals surface area contributed by atoms with Gasteiger partial charge in [0.05, 0.1) is 0 Å². The van der Waals surface area contributed by atoms with Gasteiger partial charge in [-0.05, 0) is 30.0 Å². The van der Waals surface area contributed by atoms with Gasteiger partial charge in [0, 0.05) is 24.6 Å². The Morgan fingerprint density at radius 3 is 2.40 bits per heavy atom. The van der Waals surface area contributed by atoms with Crippen LogP contribution in [0.5, 0.6) is 0 Å². The van der Waals surface area contributed by atoms with Crippen LogP contribution in [0.15, 0.2) is 53.6 Å². The van der Waals surface area contributed by atoms with Crippen molar-refractivity contribution >= 4 is 18.0 Å². The van der Waals surface area contributed by atoms with E-state index < -0.39 is 12.1 Å². The van der Waals surface area contributed by atoms with Crippen LogP contribution >= 0.6 is 0 Å². The number of carbonyl (C=O) groups is 2. The van der Waals surface area contributed by atoms with E-state index in [0.29, 0.717) is 13.0 Å². The number of carbonyl (C=O) groups excluding carboxylic acids is 2. The lowest BCUT2D eigenvalue weighted by Gasteiger charge is -2.31. The Balaban J connectivity index is 2.30. The van der Waals surface area contributed by atoms with Gasteiger partial charge in [-0.15, -0.1) is 0 Å². The van der Waals surface area contributed by atoms with Crippen molar-refractivity contribution in [3.8, 4) is 11.1 Å². The first kappa shape index (κ1) is 23.1. The third-order valence-electron chi connectivity index (χ3n) is 5.06. The zero-order valence-electron chi connectivity index (χ0n) is 17.6. The number of hydrogen-bond donors (Lipinski definition) is 3. The van der Waals surface area contributed by atoms with Crippen molar-refractivity contribution in [2.45, 2.75) is 51.7 Å². The Kier molecular flexibility index (Phi) is 8.55. The van der Waals surface area contributed by atoms with Crippen molar-refractivity contribution in [3.63, 3.8) is 0 Å². The van der Waals surface area contributed by atoms with Gasteiger partial charge < -0.3 is 27.0 Å². The molecule has 0 aliphatic rings. The average Bonchev–Trinajstić information content (AvgIpc) is 2.77. The number of rotatable bonds is 10. The molecule has 2 aromatic rings. The predicted molar refractivity (Wildman–Crippen MR) is 120 cm³/mol. The lowest BCUT2D eigenvalue weighted by Crippen LogP contribution is -2.49. The van der Waals surface area contributed by atoms with Crippen LogP contribution in [0.1, 0.15) is 44.2 Å². The summed E-state index contributed by atoms with van der Waals surface area (Å²) in [6, 6.07) is 14.3. The molecule has 0 spiro atoms. The van der Waals surface area contributed by atoms with E-state index in [4.69, 9.17) is 17.3 Å². The Bertz CT molecular complexity index is 877. The molecule has 6 N–H and O–H groups in total. The molecule has 2 aromatic carbocycles. The fourth-order valence-corrected chi connectivity index (χ4v) is 3.33. The number of nitrogens with zero attached hydrogens (tertiary/aromatic N) is 2. The van der Waals surface area contributed by atoms with Crippen LogP contribution in [0.25, 0.3) is 11.1 Å². The molecule has 2 atom stereocenters. The summed E-state index contributed by atoms with van der Waals surface area (Å²) < 4.78 is 0. The van der Waals surface area contributed by atoms with Gasteiger partial charge in [-0.25, -0.2) is 0 Å². The lowest BCUT2D eigenvalue weighted by atomic mass is 9.98. The molecule has 7 heteroatoms. The van der Waals surface area contributed by atoms with E-state index in [0.717, 1.165) is 41.4 Å². The van der Waals surface area contributed by atoms with Crippen molar-refractivity contribution in [3.05, 3.63) is 59.7 Å². The maximum absolute atomic E-state index is 12.7. The summed E-state index contributed by atoms with van der Waals surface area (Å²) in [4.78, 5) is 25.9. The van der Waals surface area contributed by atoms with Crippen molar-refractivity contribution in [2.24, 2.45) is 22.4 Å². The SMILES string of the molecule is CCCCC(=O)N(Cc1ccc(-c2ccccc2/C(N)=N/N)cc1)[C@H](C=O)C(C)N. The summed E-state index contributed by atoms with van der Waals surface area (Å²) in [6.45, 7) is 4.09. The van der Waals surface area contributed by atoms with E-state index in [9.17, 15) is 9.59 Å². The molecule has 0 aromatic heterocycles. The quantitative estimate of drug-likeness (QED) is 0.182. The highest BCUT2D eigenvalue weighted by atomic mass is 16.2. The summed E-state index contributed by atoms with van der Waals surface area (Å²) in [5.74, 6) is 5.54. The maximum atomic E-state index is 12.7. The molecule has 30 heavy (non-hydrogen) atoms. The van der Waals surface area contributed by atoms with E-state index in [1.165, 1.54) is 0 Å². The van der Waals surface area contributed by atoms with Gasteiger partial charge in [0.25, 0.3) is 0 Å². The molecule has 2 rings (SSSR count). The van der Waals surface area contributed by atoms with Crippen LogP contribution in [-0.2, 0) is 16.1 Å². The summed E-state index contributed by atoms with van der Waals surface area (Å²) in [5, 5.41) is 3.60. The number of aldehydes is 1. The highest BCUT2D eigenvalue weighted by Crippen LogP contribution is 2.24. The number of nitrogens with two attached hydrogens (primary N) is 3. The summed E-state index contributed by atoms with van der Waals surface area (Å²) >= 11 is 0. The monoisotopic (exact) mass is 409 g/mol. The first-order valence-corrected chi connectivity index (χ1v) is 10.1. The van der Waals surface area contributed by atoms with Gasteiger partial charge in [0.1, 0.15) is 12.3 Å². The number of hydrazone groups is 1. The molecule has 0 radical (unpaired) electrons. The molecule has 0 saturated carbocycles. The van der Waals surface area contributed by atoms with Crippen molar-refractivity contribution < 1.29 is 9.59 Å². The molecule has 0 bridgehead atoms. The molecule has 7 nitrogen and oxygen atoms in total. The number of hydrogen-bond acceptors (Lipinski definition) is 5. The third kappa shape index (κ3) is 5.67. The van der Waals surface area contributed by atoms with E-state index in [1.54, 1.807) is 11.8 Å². The largest absolute Gasteiger partial charge is 0.382 e. The first-order valence-electron chi connectivity index (χ1n) is 10.1. The number of amides is 1. The van der Waals surface area contributed by atoms with Crippen molar-refractivity contribution in [1.29, 1.82) is 0 Å². The average molecular weight is 410 g/mol. The van der Waals surface area contributed by atoms with E-state index in [2.05, 4.69) is 5.10 Å². The first-order chi connectivity index (χ1) is 14.4.